The molecule has 60 valence electrons. The molecule has 0 aliphatic rings. The first-order valence-corrected chi connectivity index (χ1v) is 3.68. The average Bonchev–Trinajstić information content (AvgIpc) is 2.47. The first-order chi connectivity index (χ1) is 5.90. The second kappa shape index (κ2) is 2.77. The van der Waals surface area contributed by atoms with Gasteiger partial charge < -0.3 is 4.42 Å². The fraction of sp³-hybridized carbons (Fsp3) is 0.111. The molecule has 12 heavy (non-hydrogen) atoms. The van der Waals surface area contributed by atoms with Gasteiger partial charge in [0.1, 0.15) is 5.52 Å². The zero-order valence-corrected chi connectivity index (χ0v) is 6.69. The number of aliphatic imine (C=N–C) groups is 1. The van der Waals surface area contributed by atoms with Gasteiger partial charge in [0.05, 0.1) is 6.21 Å². The Morgan fingerprint density at radius 3 is 3.00 bits per heavy atom. The maximum absolute atomic E-state index is 5.35. The largest absolute Gasteiger partial charge is 0.435 e. The third-order valence-corrected chi connectivity index (χ3v) is 1.55. The molecule has 0 radical (unpaired) electrons. The third kappa shape index (κ3) is 1.09. The van der Waals surface area contributed by atoms with Gasteiger partial charge >= 0.3 is 0 Å². The van der Waals surface area contributed by atoms with Crippen LogP contribution in [0.4, 0.5) is 0 Å². The van der Waals surface area contributed by atoms with Crippen molar-refractivity contribution in [3.63, 3.8) is 0 Å². The lowest BCUT2D eigenvalue weighted by Gasteiger charge is -1.79. The quantitative estimate of drug-likeness (QED) is 0.597. The Morgan fingerprint density at radius 2 is 2.25 bits per heavy atom. The second-order valence-corrected chi connectivity index (χ2v) is 2.41. The molecule has 1 aromatic heterocycles. The highest BCUT2D eigenvalue weighted by Gasteiger charge is 2.00. The molecule has 0 saturated carbocycles. The van der Waals surface area contributed by atoms with E-state index in [1.807, 2.05) is 24.3 Å². The standard InChI is InChI=1S/C9H8N2O/c1-10-6-9-11-7-4-2-3-5-8(7)12-9/h2-6H,1H3. The highest BCUT2D eigenvalue weighted by molar-refractivity contribution is 5.80. The van der Waals surface area contributed by atoms with Crippen LogP contribution in [0, 0.1) is 0 Å². The average molecular weight is 160 g/mol. The molecule has 2 aromatic rings. The van der Waals surface area contributed by atoms with E-state index in [9.17, 15) is 0 Å². The van der Waals surface area contributed by atoms with Gasteiger partial charge in [-0.3, -0.25) is 4.99 Å². The molecule has 1 aromatic carbocycles. The van der Waals surface area contributed by atoms with Crippen LogP contribution in [-0.2, 0) is 0 Å². The van der Waals surface area contributed by atoms with Crippen LogP contribution in [0.5, 0.6) is 0 Å². The molecule has 0 saturated heterocycles. The maximum Gasteiger partial charge on any atom is 0.238 e. The predicted molar refractivity (Wildman–Crippen MR) is 47.5 cm³/mol. The van der Waals surface area contributed by atoms with Crippen molar-refractivity contribution < 1.29 is 4.42 Å². The van der Waals surface area contributed by atoms with Crippen LogP contribution in [0.15, 0.2) is 33.7 Å². The number of hydrogen-bond acceptors (Lipinski definition) is 3. The molecule has 1 heterocycles. The molecule has 0 aliphatic heterocycles. The summed E-state index contributed by atoms with van der Waals surface area (Å²) in [7, 11) is 1.69. The van der Waals surface area contributed by atoms with E-state index in [0.29, 0.717) is 5.89 Å². The van der Waals surface area contributed by atoms with Gasteiger partial charge in [0.15, 0.2) is 5.58 Å². The highest BCUT2D eigenvalue weighted by atomic mass is 16.3. The van der Waals surface area contributed by atoms with E-state index in [1.165, 1.54) is 0 Å². The minimum atomic E-state index is 0.554. The number of hydrogen-bond donors (Lipinski definition) is 0. The lowest BCUT2D eigenvalue weighted by atomic mass is 10.3. The number of fused-ring (bicyclic) bond motifs is 1. The molecule has 0 atom stereocenters. The van der Waals surface area contributed by atoms with Crippen LogP contribution in [0.2, 0.25) is 0 Å². The number of rotatable bonds is 1. The normalized spacial score (nSPS) is 11.4. The zero-order chi connectivity index (χ0) is 8.39. The van der Waals surface area contributed by atoms with Gasteiger partial charge in [-0.1, -0.05) is 12.1 Å². The molecule has 3 heteroatoms. The Balaban J connectivity index is 2.62. The number of para-hydroxylation sites is 2. The first kappa shape index (κ1) is 7.03. The van der Waals surface area contributed by atoms with Crippen LogP contribution < -0.4 is 0 Å². The highest BCUT2D eigenvalue weighted by Crippen LogP contribution is 2.12. The van der Waals surface area contributed by atoms with Gasteiger partial charge in [0.2, 0.25) is 5.89 Å². The van der Waals surface area contributed by atoms with Crippen molar-refractivity contribution in [3.8, 4) is 0 Å². The van der Waals surface area contributed by atoms with E-state index in [1.54, 1.807) is 13.3 Å². The van der Waals surface area contributed by atoms with E-state index in [4.69, 9.17) is 4.42 Å². The van der Waals surface area contributed by atoms with Gasteiger partial charge in [-0.2, -0.15) is 0 Å². The molecular formula is C9H8N2O. The van der Waals surface area contributed by atoms with Crippen LogP contribution in [0.3, 0.4) is 0 Å². The summed E-state index contributed by atoms with van der Waals surface area (Å²) in [5.74, 6) is 0.554. The van der Waals surface area contributed by atoms with Crippen molar-refractivity contribution in [2.24, 2.45) is 4.99 Å². The van der Waals surface area contributed by atoms with Crippen molar-refractivity contribution in [1.29, 1.82) is 0 Å². The lowest BCUT2D eigenvalue weighted by molar-refractivity contribution is 0.593. The molecule has 3 nitrogen and oxygen atoms in total. The third-order valence-electron chi connectivity index (χ3n) is 1.55. The molecule has 0 unspecified atom stereocenters. The minimum absolute atomic E-state index is 0.554. The van der Waals surface area contributed by atoms with Crippen molar-refractivity contribution >= 4 is 17.3 Å². The van der Waals surface area contributed by atoms with E-state index < -0.39 is 0 Å². The summed E-state index contributed by atoms with van der Waals surface area (Å²) in [6.45, 7) is 0. The monoisotopic (exact) mass is 160 g/mol. The summed E-state index contributed by atoms with van der Waals surface area (Å²) in [5.41, 5.74) is 1.67. The fourth-order valence-electron chi connectivity index (χ4n) is 1.06. The molecule has 2 rings (SSSR count). The summed E-state index contributed by atoms with van der Waals surface area (Å²) >= 11 is 0. The van der Waals surface area contributed by atoms with Crippen molar-refractivity contribution in [2.45, 2.75) is 0 Å². The molecule has 0 amide bonds. The summed E-state index contributed by atoms with van der Waals surface area (Å²) in [6.07, 6.45) is 1.60. The predicted octanol–water partition coefficient (Wildman–Crippen LogP) is 1.88. The van der Waals surface area contributed by atoms with Crippen molar-refractivity contribution in [2.75, 3.05) is 7.05 Å². The summed E-state index contributed by atoms with van der Waals surface area (Å²) in [6, 6.07) is 7.64. The zero-order valence-electron chi connectivity index (χ0n) is 6.69. The molecular weight excluding hydrogens is 152 g/mol. The fourth-order valence-corrected chi connectivity index (χ4v) is 1.06. The minimum Gasteiger partial charge on any atom is -0.435 e. The SMILES string of the molecule is CN=Cc1nc2ccccc2o1. The van der Waals surface area contributed by atoms with Gasteiger partial charge in [0, 0.05) is 7.05 Å². The molecule has 0 spiro atoms. The van der Waals surface area contributed by atoms with Gasteiger partial charge in [0.25, 0.3) is 0 Å². The van der Waals surface area contributed by atoms with Crippen LogP contribution in [-0.4, -0.2) is 18.2 Å². The molecule has 0 bridgehead atoms. The number of benzene rings is 1. The van der Waals surface area contributed by atoms with Gasteiger partial charge in [-0.25, -0.2) is 4.98 Å². The lowest BCUT2D eigenvalue weighted by Crippen LogP contribution is -1.76. The van der Waals surface area contributed by atoms with Gasteiger partial charge in [-0.15, -0.1) is 0 Å². The number of nitrogens with zero attached hydrogens (tertiary/aromatic N) is 2. The van der Waals surface area contributed by atoms with E-state index in [2.05, 4.69) is 9.98 Å². The summed E-state index contributed by atoms with van der Waals surface area (Å²) < 4.78 is 5.35. The van der Waals surface area contributed by atoms with Crippen LogP contribution in [0.1, 0.15) is 5.89 Å². The van der Waals surface area contributed by atoms with E-state index in [-0.39, 0.29) is 0 Å². The topological polar surface area (TPSA) is 38.4 Å². The second-order valence-electron chi connectivity index (χ2n) is 2.41. The van der Waals surface area contributed by atoms with E-state index in [0.717, 1.165) is 11.1 Å². The Bertz CT molecular complexity index is 384. The Labute approximate surface area is 69.8 Å². The Kier molecular flexibility index (Phi) is 1.63. The number of oxazole rings is 1. The molecule has 0 aliphatic carbocycles. The van der Waals surface area contributed by atoms with Crippen LogP contribution in [0.25, 0.3) is 11.1 Å². The number of aromatic nitrogens is 1. The van der Waals surface area contributed by atoms with Crippen molar-refractivity contribution in [1.82, 2.24) is 4.98 Å². The maximum atomic E-state index is 5.35. The van der Waals surface area contributed by atoms with Crippen molar-refractivity contribution in [3.05, 3.63) is 30.2 Å². The Morgan fingerprint density at radius 1 is 1.42 bits per heavy atom. The molecule has 0 N–H and O–H groups in total. The smallest absolute Gasteiger partial charge is 0.238 e. The first-order valence-electron chi connectivity index (χ1n) is 3.68. The Hall–Kier alpha value is -1.64. The summed E-state index contributed by atoms with van der Waals surface area (Å²) in [4.78, 5) is 8.01. The van der Waals surface area contributed by atoms with Gasteiger partial charge in [-0.05, 0) is 12.1 Å². The summed E-state index contributed by atoms with van der Waals surface area (Å²) in [5, 5.41) is 0. The van der Waals surface area contributed by atoms with E-state index >= 15 is 0 Å². The van der Waals surface area contributed by atoms with Crippen LogP contribution >= 0.6 is 0 Å². The molecule has 0 fully saturated rings.